The van der Waals surface area contributed by atoms with Crippen LogP contribution < -0.4 is 34.0 Å². The Balaban J connectivity index is 0.000000161. The van der Waals surface area contributed by atoms with Gasteiger partial charge in [0.05, 0.1) is 0 Å². The van der Waals surface area contributed by atoms with Gasteiger partial charge in [0.2, 0.25) is 0 Å². The van der Waals surface area contributed by atoms with E-state index in [0.717, 1.165) is 0 Å². The predicted molar refractivity (Wildman–Crippen MR) is 68.5 cm³/mol. The van der Waals surface area contributed by atoms with Gasteiger partial charge in [-0.25, -0.2) is 24.0 Å². The summed E-state index contributed by atoms with van der Waals surface area (Å²) >= 11 is 0. The van der Waals surface area contributed by atoms with Gasteiger partial charge in [-0.2, -0.15) is 0 Å². The lowest BCUT2D eigenvalue weighted by Crippen LogP contribution is -2.34. The molecular formula is C8H7N7O6. The van der Waals surface area contributed by atoms with Gasteiger partial charge in [-0.3, -0.25) is 39.7 Å². The second-order valence-corrected chi connectivity index (χ2v) is 3.60. The minimum atomic E-state index is -0.802. The van der Waals surface area contributed by atoms with E-state index in [1.54, 1.807) is 15.0 Å². The summed E-state index contributed by atoms with van der Waals surface area (Å²) in [6, 6.07) is 0. The summed E-state index contributed by atoms with van der Waals surface area (Å²) in [4.78, 5) is 76.9. The molecule has 0 aliphatic heterocycles. The van der Waals surface area contributed by atoms with E-state index >= 15 is 0 Å². The van der Waals surface area contributed by atoms with E-state index in [4.69, 9.17) is 0 Å². The lowest BCUT2D eigenvalue weighted by Gasteiger charge is -1.83. The van der Waals surface area contributed by atoms with E-state index < -0.39 is 34.0 Å². The van der Waals surface area contributed by atoms with Gasteiger partial charge >= 0.3 is 28.4 Å². The summed E-state index contributed by atoms with van der Waals surface area (Å²) in [5.74, 6) is 0. The molecule has 0 spiro atoms. The summed E-state index contributed by atoms with van der Waals surface area (Å²) in [6.07, 6.45) is 0. The summed E-state index contributed by atoms with van der Waals surface area (Å²) < 4.78 is 0. The molecule has 0 aliphatic carbocycles. The number of imidazole rings is 1. The van der Waals surface area contributed by atoms with Gasteiger partial charge in [-0.05, 0) is 0 Å². The van der Waals surface area contributed by atoms with Crippen molar-refractivity contribution in [2.75, 3.05) is 0 Å². The van der Waals surface area contributed by atoms with Crippen molar-refractivity contribution >= 4 is 11.2 Å². The highest BCUT2D eigenvalue weighted by atomic mass is 16.2. The zero-order valence-corrected chi connectivity index (χ0v) is 9.95. The Morgan fingerprint density at radius 1 is 0.429 bits per heavy atom. The van der Waals surface area contributed by atoms with E-state index in [1.807, 2.05) is 4.98 Å². The second kappa shape index (κ2) is 5.16. The first-order valence-electron chi connectivity index (χ1n) is 5.22. The average molecular weight is 297 g/mol. The number of aromatic nitrogens is 7. The Morgan fingerprint density at radius 3 is 1.29 bits per heavy atom. The van der Waals surface area contributed by atoms with Crippen LogP contribution in [0.1, 0.15) is 0 Å². The topological polar surface area (TPSA) is 213 Å². The number of hydrogen-bond acceptors (Lipinski definition) is 6. The molecule has 7 N–H and O–H groups in total. The maximum absolute atomic E-state index is 10.9. The maximum atomic E-state index is 10.9. The molecule has 0 atom stereocenters. The fourth-order valence-corrected chi connectivity index (χ4v) is 1.36. The Hall–Kier alpha value is -3.64. The third-order valence-electron chi connectivity index (χ3n) is 2.10. The molecule has 0 saturated heterocycles. The van der Waals surface area contributed by atoms with Gasteiger partial charge in [-0.15, -0.1) is 0 Å². The standard InChI is InChI=1S/C5H4N4O3.C3H3N3O3/c10-3-1-2(7-4(11)6-1)8-5(12)9-3;7-1-4-2(8)6-3(9)5-1/h(H4,6,7,8,9,10,11,12);(H3,4,5,6,7,8,9). The van der Waals surface area contributed by atoms with Crippen LogP contribution in [0.4, 0.5) is 0 Å². The van der Waals surface area contributed by atoms with E-state index in [9.17, 15) is 28.8 Å². The van der Waals surface area contributed by atoms with Crippen molar-refractivity contribution < 1.29 is 0 Å². The molecule has 3 rings (SSSR count). The highest BCUT2D eigenvalue weighted by Gasteiger charge is 2.02. The summed E-state index contributed by atoms with van der Waals surface area (Å²) in [6.45, 7) is 0. The van der Waals surface area contributed by atoms with E-state index in [-0.39, 0.29) is 11.2 Å². The van der Waals surface area contributed by atoms with Crippen LogP contribution in [0.3, 0.4) is 0 Å². The quantitative estimate of drug-likeness (QED) is 0.219. The Bertz CT molecular complexity index is 1040. The normalized spacial score (nSPS) is 10.1. The lowest BCUT2D eigenvalue weighted by molar-refractivity contribution is 0.888. The minimum absolute atomic E-state index is 0.0413. The summed E-state index contributed by atoms with van der Waals surface area (Å²) in [7, 11) is 0. The second-order valence-electron chi connectivity index (χ2n) is 3.60. The molecule has 0 saturated carbocycles. The number of hydrogen-bond donors (Lipinski definition) is 7. The fourth-order valence-electron chi connectivity index (χ4n) is 1.36. The average Bonchev–Trinajstić information content (AvgIpc) is 2.68. The highest BCUT2D eigenvalue weighted by Crippen LogP contribution is 1.88. The molecule has 0 amide bonds. The molecule has 0 aliphatic rings. The Labute approximate surface area is 110 Å². The molecule has 13 nitrogen and oxygen atoms in total. The molecule has 0 radical (unpaired) electrons. The van der Waals surface area contributed by atoms with Gasteiger partial charge in [-0.1, -0.05) is 0 Å². The summed E-state index contributed by atoms with van der Waals surface area (Å²) in [5.41, 5.74) is -4.06. The maximum Gasteiger partial charge on any atom is 0.330 e. The molecule has 0 fully saturated rings. The summed E-state index contributed by atoms with van der Waals surface area (Å²) in [5, 5.41) is 0. The third kappa shape index (κ3) is 3.22. The first kappa shape index (κ1) is 13.8. The van der Waals surface area contributed by atoms with Crippen LogP contribution in [0.2, 0.25) is 0 Å². The Kier molecular flexibility index (Phi) is 3.38. The van der Waals surface area contributed by atoms with Crippen molar-refractivity contribution in [3.63, 3.8) is 0 Å². The Morgan fingerprint density at radius 2 is 0.810 bits per heavy atom. The number of aromatic amines is 7. The van der Waals surface area contributed by atoms with Crippen molar-refractivity contribution in [3.05, 3.63) is 62.8 Å². The largest absolute Gasteiger partial charge is 0.330 e. The van der Waals surface area contributed by atoms with Gasteiger partial charge in [0.1, 0.15) is 11.2 Å². The van der Waals surface area contributed by atoms with Crippen molar-refractivity contribution in [2.45, 2.75) is 0 Å². The number of fused-ring (bicyclic) bond motifs is 1. The smallest absolute Gasteiger partial charge is 0.300 e. The van der Waals surface area contributed by atoms with Crippen LogP contribution in [0, 0.1) is 0 Å². The molecule has 3 heterocycles. The van der Waals surface area contributed by atoms with Crippen molar-refractivity contribution in [1.29, 1.82) is 0 Å². The zero-order chi connectivity index (χ0) is 15.6. The van der Waals surface area contributed by atoms with Crippen LogP contribution in [0.5, 0.6) is 0 Å². The molecule has 0 aromatic carbocycles. The first-order chi connectivity index (χ1) is 9.85. The molecule has 21 heavy (non-hydrogen) atoms. The van der Waals surface area contributed by atoms with Gasteiger partial charge in [0.15, 0.2) is 0 Å². The minimum Gasteiger partial charge on any atom is -0.300 e. The van der Waals surface area contributed by atoms with Crippen LogP contribution in [-0.2, 0) is 0 Å². The van der Waals surface area contributed by atoms with Crippen LogP contribution in [0.15, 0.2) is 28.8 Å². The fraction of sp³-hybridized carbons (Fsp3) is 0. The lowest BCUT2D eigenvalue weighted by atomic mass is 10.5. The molecule has 0 bridgehead atoms. The third-order valence-corrected chi connectivity index (χ3v) is 2.10. The molecule has 110 valence electrons. The van der Waals surface area contributed by atoms with Gasteiger partial charge in [0, 0.05) is 0 Å². The van der Waals surface area contributed by atoms with Crippen LogP contribution in [0.25, 0.3) is 11.2 Å². The monoisotopic (exact) mass is 297 g/mol. The number of nitrogens with one attached hydrogen (secondary N) is 7. The van der Waals surface area contributed by atoms with Crippen LogP contribution >= 0.6 is 0 Å². The molecule has 3 aromatic rings. The zero-order valence-electron chi connectivity index (χ0n) is 9.95. The highest BCUT2D eigenvalue weighted by molar-refractivity contribution is 5.67. The van der Waals surface area contributed by atoms with E-state index in [2.05, 4.69) is 15.0 Å². The molecular weight excluding hydrogens is 290 g/mol. The molecule has 13 heteroatoms. The van der Waals surface area contributed by atoms with Crippen LogP contribution in [-0.4, -0.2) is 34.9 Å². The molecule has 0 unspecified atom stereocenters. The number of H-pyrrole nitrogens is 7. The van der Waals surface area contributed by atoms with E-state index in [1.165, 1.54) is 0 Å². The molecule has 3 aromatic heterocycles. The van der Waals surface area contributed by atoms with Crippen molar-refractivity contribution in [2.24, 2.45) is 0 Å². The van der Waals surface area contributed by atoms with Crippen molar-refractivity contribution in [1.82, 2.24) is 34.9 Å². The van der Waals surface area contributed by atoms with E-state index in [0.29, 0.717) is 0 Å². The van der Waals surface area contributed by atoms with Gasteiger partial charge < -0.3 is 0 Å². The van der Waals surface area contributed by atoms with Crippen molar-refractivity contribution in [3.8, 4) is 0 Å². The van der Waals surface area contributed by atoms with Gasteiger partial charge in [0.25, 0.3) is 5.56 Å². The predicted octanol–water partition coefficient (Wildman–Crippen LogP) is -4.02. The SMILES string of the molecule is O=c1[nH]c(=O)[nH]c(=O)[nH]1.O=c1[nH]c(=O)c2[nH]c(=O)[nH]c2[nH]1. The number of rotatable bonds is 0. The first-order valence-corrected chi connectivity index (χ1v) is 5.22.